The average Bonchev–Trinajstić information content (AvgIpc) is 3.29. The van der Waals surface area contributed by atoms with Crippen LogP contribution in [0.2, 0.25) is 0 Å². The monoisotopic (exact) mass is 895 g/mol. The van der Waals surface area contributed by atoms with E-state index in [0.29, 0.717) is 19.3 Å². The summed E-state index contributed by atoms with van der Waals surface area (Å²) in [6, 6.07) is 0. The fraction of sp³-hybridized carbons (Fsp3) is 0.776. The molecule has 0 aliphatic heterocycles. The van der Waals surface area contributed by atoms with E-state index in [-0.39, 0.29) is 31.1 Å². The summed E-state index contributed by atoms with van der Waals surface area (Å²) >= 11 is 0. The first kappa shape index (κ1) is 61.1. The lowest BCUT2D eigenvalue weighted by Crippen LogP contribution is -2.30. The highest BCUT2D eigenvalue weighted by molar-refractivity contribution is 5.71. The maximum atomic E-state index is 12.8. The van der Waals surface area contributed by atoms with Crippen molar-refractivity contribution < 1.29 is 28.6 Å². The molecular formula is C58H102O6. The third kappa shape index (κ3) is 50.1. The van der Waals surface area contributed by atoms with Crippen LogP contribution < -0.4 is 0 Å². The minimum absolute atomic E-state index is 0.0817. The Bertz CT molecular complexity index is 1170. The fourth-order valence-corrected chi connectivity index (χ4v) is 7.62. The molecule has 0 rings (SSSR count). The maximum Gasteiger partial charge on any atom is 0.306 e. The SMILES string of the molecule is CC/C=C\C/C=C\C/C=C\CCCCCCCCC(=O)OCC(COC(=O)CCCCCCCCC/C=C\CCCCCC)OC(=O)CCCCCCCCC/C=C\CCCCCC. The molecular weight excluding hydrogens is 793 g/mol. The van der Waals surface area contributed by atoms with Crippen molar-refractivity contribution in [3.8, 4) is 0 Å². The molecule has 0 aromatic rings. The van der Waals surface area contributed by atoms with Gasteiger partial charge in [-0.05, 0) is 103 Å². The lowest BCUT2D eigenvalue weighted by atomic mass is 10.1. The van der Waals surface area contributed by atoms with Crippen molar-refractivity contribution in [2.75, 3.05) is 13.2 Å². The van der Waals surface area contributed by atoms with Crippen molar-refractivity contribution in [2.24, 2.45) is 0 Å². The van der Waals surface area contributed by atoms with Crippen LogP contribution in [0.3, 0.4) is 0 Å². The van der Waals surface area contributed by atoms with Crippen molar-refractivity contribution in [2.45, 2.75) is 277 Å². The highest BCUT2D eigenvalue weighted by Gasteiger charge is 2.19. The smallest absolute Gasteiger partial charge is 0.306 e. The van der Waals surface area contributed by atoms with E-state index in [4.69, 9.17) is 14.2 Å². The van der Waals surface area contributed by atoms with Gasteiger partial charge in [0.2, 0.25) is 0 Å². The topological polar surface area (TPSA) is 78.9 Å². The zero-order chi connectivity index (χ0) is 46.5. The molecule has 0 aliphatic rings. The molecule has 6 heteroatoms. The van der Waals surface area contributed by atoms with Crippen LogP contribution in [0.4, 0.5) is 0 Å². The first-order chi connectivity index (χ1) is 31.5. The van der Waals surface area contributed by atoms with Gasteiger partial charge in [0.05, 0.1) is 0 Å². The summed E-state index contributed by atoms with van der Waals surface area (Å²) in [5.41, 5.74) is 0. The van der Waals surface area contributed by atoms with Gasteiger partial charge in [-0.1, -0.05) is 210 Å². The number of ether oxygens (including phenoxy) is 3. The van der Waals surface area contributed by atoms with Crippen LogP contribution in [0.25, 0.3) is 0 Å². The lowest BCUT2D eigenvalue weighted by Gasteiger charge is -2.18. The number of hydrogen-bond acceptors (Lipinski definition) is 6. The molecule has 0 fully saturated rings. The molecule has 0 spiro atoms. The first-order valence-corrected chi connectivity index (χ1v) is 27.3. The zero-order valence-corrected chi connectivity index (χ0v) is 42.3. The first-order valence-electron chi connectivity index (χ1n) is 27.3. The highest BCUT2D eigenvalue weighted by Crippen LogP contribution is 2.15. The van der Waals surface area contributed by atoms with Crippen LogP contribution in [0.15, 0.2) is 60.8 Å². The van der Waals surface area contributed by atoms with Gasteiger partial charge >= 0.3 is 17.9 Å². The summed E-state index contributed by atoms with van der Waals surface area (Å²) < 4.78 is 16.8. The molecule has 0 aliphatic carbocycles. The summed E-state index contributed by atoms with van der Waals surface area (Å²) in [4.78, 5) is 38.1. The van der Waals surface area contributed by atoms with Crippen molar-refractivity contribution in [1.82, 2.24) is 0 Å². The fourth-order valence-electron chi connectivity index (χ4n) is 7.62. The van der Waals surface area contributed by atoms with E-state index >= 15 is 0 Å². The van der Waals surface area contributed by atoms with E-state index in [1.807, 2.05) is 0 Å². The summed E-state index contributed by atoms with van der Waals surface area (Å²) in [6.45, 7) is 6.50. The van der Waals surface area contributed by atoms with Crippen LogP contribution in [-0.4, -0.2) is 37.2 Å². The van der Waals surface area contributed by atoms with Gasteiger partial charge in [-0.15, -0.1) is 0 Å². The number of unbranched alkanes of at least 4 members (excludes halogenated alkanes) is 28. The molecule has 64 heavy (non-hydrogen) atoms. The standard InChI is InChI=1S/C58H102O6/c1-4-7-10-13-16-19-22-25-28-31-33-36-39-42-45-48-51-57(60)63-54-55(64-58(61)52-49-46-43-40-37-34-30-27-24-21-18-15-12-9-6-3)53-62-56(59)50-47-44-41-38-35-32-29-26-23-20-17-14-11-8-5-2/h7,10,16,19-21,23-25,28,55H,4-6,8-9,11-15,17-18,22,26-27,29-54H2,1-3H3/b10-7-,19-16-,23-20-,24-21-,28-25-. The molecule has 0 aromatic heterocycles. The van der Waals surface area contributed by atoms with Gasteiger partial charge in [-0.2, -0.15) is 0 Å². The molecule has 0 radical (unpaired) electrons. The largest absolute Gasteiger partial charge is 0.462 e. The minimum atomic E-state index is -0.783. The van der Waals surface area contributed by atoms with E-state index in [1.54, 1.807) is 0 Å². The van der Waals surface area contributed by atoms with Gasteiger partial charge in [-0.25, -0.2) is 0 Å². The Morgan fingerprint density at radius 3 is 0.969 bits per heavy atom. The van der Waals surface area contributed by atoms with Gasteiger partial charge in [0.25, 0.3) is 0 Å². The molecule has 0 aromatic carbocycles. The Labute approximate surface area is 396 Å². The minimum Gasteiger partial charge on any atom is -0.462 e. The van der Waals surface area contributed by atoms with Crippen molar-refractivity contribution in [3.63, 3.8) is 0 Å². The summed E-state index contributed by atoms with van der Waals surface area (Å²) in [5.74, 6) is -0.896. The Hall–Kier alpha value is -2.89. The van der Waals surface area contributed by atoms with Gasteiger partial charge in [0, 0.05) is 19.3 Å². The number of allylic oxidation sites excluding steroid dienone is 10. The maximum absolute atomic E-state index is 12.8. The molecule has 6 nitrogen and oxygen atoms in total. The molecule has 0 bridgehead atoms. The van der Waals surface area contributed by atoms with Gasteiger partial charge in [0.1, 0.15) is 13.2 Å². The highest BCUT2D eigenvalue weighted by atomic mass is 16.6. The predicted molar refractivity (Wildman–Crippen MR) is 275 cm³/mol. The predicted octanol–water partition coefficient (Wildman–Crippen LogP) is 18.0. The van der Waals surface area contributed by atoms with Gasteiger partial charge in [0.15, 0.2) is 6.10 Å². The quantitative estimate of drug-likeness (QED) is 0.0262. The van der Waals surface area contributed by atoms with E-state index in [0.717, 1.165) is 83.5 Å². The van der Waals surface area contributed by atoms with E-state index in [9.17, 15) is 14.4 Å². The molecule has 0 heterocycles. The number of carbonyl (C=O) groups excluding carboxylic acids is 3. The zero-order valence-electron chi connectivity index (χ0n) is 42.3. The third-order valence-corrected chi connectivity index (χ3v) is 11.7. The van der Waals surface area contributed by atoms with Crippen LogP contribution >= 0.6 is 0 Å². The lowest BCUT2D eigenvalue weighted by molar-refractivity contribution is -0.167. The van der Waals surface area contributed by atoms with E-state index < -0.39 is 6.10 Å². The summed E-state index contributed by atoms with van der Waals surface area (Å²) in [6.07, 6.45) is 64.8. The van der Waals surface area contributed by atoms with Crippen molar-refractivity contribution in [1.29, 1.82) is 0 Å². The van der Waals surface area contributed by atoms with Crippen molar-refractivity contribution in [3.05, 3.63) is 60.8 Å². The van der Waals surface area contributed by atoms with Gasteiger partial charge < -0.3 is 14.2 Å². The second-order valence-electron chi connectivity index (χ2n) is 18.1. The number of esters is 3. The number of carbonyl (C=O) groups is 3. The van der Waals surface area contributed by atoms with Crippen LogP contribution in [0.5, 0.6) is 0 Å². The normalized spacial score (nSPS) is 12.5. The number of hydrogen-bond donors (Lipinski definition) is 0. The summed E-state index contributed by atoms with van der Waals surface area (Å²) in [7, 11) is 0. The second-order valence-corrected chi connectivity index (χ2v) is 18.1. The Kier molecular flexibility index (Phi) is 50.4. The second kappa shape index (κ2) is 52.7. The average molecular weight is 895 g/mol. The van der Waals surface area contributed by atoms with Gasteiger partial charge in [-0.3, -0.25) is 14.4 Å². The molecule has 1 atom stereocenters. The van der Waals surface area contributed by atoms with E-state index in [1.165, 1.54) is 148 Å². The van der Waals surface area contributed by atoms with Crippen molar-refractivity contribution >= 4 is 17.9 Å². The molecule has 370 valence electrons. The third-order valence-electron chi connectivity index (χ3n) is 11.7. The Balaban J connectivity index is 4.40. The molecule has 0 saturated heterocycles. The van der Waals surface area contributed by atoms with Crippen LogP contribution in [-0.2, 0) is 28.6 Å². The van der Waals surface area contributed by atoms with Crippen LogP contribution in [0, 0.1) is 0 Å². The molecule has 0 saturated carbocycles. The van der Waals surface area contributed by atoms with Crippen LogP contribution in [0.1, 0.15) is 271 Å². The Morgan fingerprint density at radius 2 is 0.609 bits per heavy atom. The molecule has 1 unspecified atom stereocenters. The molecule has 0 amide bonds. The van der Waals surface area contributed by atoms with E-state index in [2.05, 4.69) is 81.5 Å². The Morgan fingerprint density at radius 1 is 0.328 bits per heavy atom. The number of rotatable bonds is 49. The molecule has 0 N–H and O–H groups in total. The summed E-state index contributed by atoms with van der Waals surface area (Å²) in [5, 5.41) is 0.